The first-order chi connectivity index (χ1) is 58.9. The lowest BCUT2D eigenvalue weighted by Gasteiger charge is -2.23. The Balaban J connectivity index is 0.000000245. The molecule has 0 saturated heterocycles. The number of nitrogens with one attached hydrogen (secondary N) is 8. The van der Waals surface area contributed by atoms with E-state index in [0.717, 1.165) is 69.7 Å². The van der Waals surface area contributed by atoms with Crippen LogP contribution in [0.4, 0.5) is 50.3 Å². The number of para-hydroxylation sites is 1. The van der Waals surface area contributed by atoms with Crippen LogP contribution in [0.5, 0.6) is 57.5 Å². The standard InChI is InChI=1S/C20H26N2O5S.C19H22ClNO3.C19H24N2O4S.C19H23NO4.C17H20N2O5S/c1-13-9-16(20(2,3)4)19(24)17(10-13)21-18(23)12-27-15-8-6-7-14(11-15)22-28(5,25)26;1-12-5-7-14(8-6-12)24-11-17(22)21-16-10-13(20)9-15(18(16)23)19(2,3)4;1-12-10-14(19(2,3)4)17(22)16(11-12)20-18(23)13-8-6-7-9-15(13)21-26(5,24)25;1-5-10-23-19(22)20-16-11-17(13(3)14(4)18(16)21)24-15-8-6-12(2)7-9-15;1-11-8-12(2)17(21)15(9-11)18-16(20)10-24-14-6-4-13(5-7-14)19-25(3,22)23/h6-11,22,24H,12H2,1-5H3,(H,21,23);5-10,23H,11H2,1-4H3,(H,21,22);6-11,21-22H,1-5H3,(H,20,23);6-9,11,21H,5,10H2,1-4H3,(H,20,22);4-9,19,21H,10H2,1-3H3,(H,18,20). The van der Waals surface area contributed by atoms with Gasteiger partial charge in [0.2, 0.25) is 30.1 Å². The molecule has 10 aromatic carbocycles. The van der Waals surface area contributed by atoms with E-state index in [1.165, 1.54) is 36.4 Å². The number of hydrogen-bond acceptors (Lipinski definition) is 21. The average Bonchev–Trinajstić information content (AvgIpc) is 0.809. The highest BCUT2D eigenvalue weighted by Crippen LogP contribution is 2.43. The first kappa shape index (κ1) is 103. The molecule has 33 heteroatoms. The van der Waals surface area contributed by atoms with Gasteiger partial charge in [0.05, 0.1) is 70.7 Å². The molecular formula is C94H115ClN8O21S3. The third kappa shape index (κ3) is 34.2. The normalized spacial score (nSPS) is 11.3. The van der Waals surface area contributed by atoms with Gasteiger partial charge in [0.15, 0.2) is 19.8 Å². The molecule has 0 bridgehead atoms. The Morgan fingerprint density at radius 2 is 0.772 bits per heavy atom. The van der Waals surface area contributed by atoms with E-state index in [2.05, 4.69) is 40.8 Å². The first-order valence-corrected chi connectivity index (χ1v) is 45.9. The van der Waals surface area contributed by atoms with Gasteiger partial charge in [0.1, 0.15) is 57.5 Å². The van der Waals surface area contributed by atoms with Crippen molar-refractivity contribution in [2.24, 2.45) is 0 Å². The Bertz CT molecular complexity index is 5940. The average molecular weight is 1820 g/mol. The van der Waals surface area contributed by atoms with Gasteiger partial charge in [-0.15, -0.1) is 0 Å². The minimum atomic E-state index is -3.53. The molecule has 29 nitrogen and oxygen atoms in total. The summed E-state index contributed by atoms with van der Waals surface area (Å²) in [6.45, 7) is 34.3. The monoisotopic (exact) mass is 1820 g/mol. The Morgan fingerprint density at radius 1 is 0.370 bits per heavy atom. The van der Waals surface area contributed by atoms with Gasteiger partial charge in [-0.3, -0.25) is 38.7 Å². The fourth-order valence-electron chi connectivity index (χ4n) is 11.9. The second-order valence-electron chi connectivity index (χ2n) is 33.2. The van der Waals surface area contributed by atoms with Gasteiger partial charge in [-0.25, -0.2) is 30.0 Å². The zero-order valence-corrected chi connectivity index (χ0v) is 78.4. The van der Waals surface area contributed by atoms with Crippen molar-refractivity contribution in [1.82, 2.24) is 0 Å². The summed E-state index contributed by atoms with van der Waals surface area (Å²) in [5, 5.41) is 65.3. The van der Waals surface area contributed by atoms with Crippen molar-refractivity contribution in [1.29, 1.82) is 0 Å². The smallest absolute Gasteiger partial charge is 0.411 e. The molecular weight excluding hydrogens is 1710 g/mol. The van der Waals surface area contributed by atoms with E-state index in [-0.39, 0.29) is 99.0 Å². The zero-order valence-electron chi connectivity index (χ0n) is 75.1. The molecule has 0 heterocycles. The van der Waals surface area contributed by atoms with Crippen molar-refractivity contribution < 1.29 is 98.4 Å². The number of carbonyl (C=O) groups excluding carboxylic acids is 5. The molecule has 0 aliphatic rings. The number of sulfonamides is 3. The van der Waals surface area contributed by atoms with Gasteiger partial charge in [-0.2, -0.15) is 0 Å². The molecule has 0 spiro atoms. The van der Waals surface area contributed by atoms with Crippen LogP contribution in [0.25, 0.3) is 0 Å². The lowest BCUT2D eigenvalue weighted by atomic mass is 9.85. The third-order valence-electron chi connectivity index (χ3n) is 18.2. The fourth-order valence-corrected chi connectivity index (χ4v) is 13.8. The van der Waals surface area contributed by atoms with Crippen LogP contribution in [-0.2, 0) is 65.4 Å². The molecule has 0 aliphatic heterocycles. The van der Waals surface area contributed by atoms with Gasteiger partial charge < -0.3 is 70.5 Å². The van der Waals surface area contributed by atoms with Crippen molar-refractivity contribution in [2.45, 2.75) is 147 Å². The molecule has 10 aromatic rings. The largest absolute Gasteiger partial charge is 0.505 e. The van der Waals surface area contributed by atoms with E-state index in [1.54, 1.807) is 98.8 Å². The van der Waals surface area contributed by atoms with Crippen LogP contribution in [0.3, 0.4) is 0 Å². The van der Waals surface area contributed by atoms with Crippen LogP contribution in [0.1, 0.15) is 147 Å². The molecule has 127 heavy (non-hydrogen) atoms. The molecule has 0 radical (unpaired) electrons. The highest BCUT2D eigenvalue weighted by molar-refractivity contribution is 7.92. The molecule has 0 atom stereocenters. The van der Waals surface area contributed by atoms with Gasteiger partial charge in [0, 0.05) is 39.5 Å². The van der Waals surface area contributed by atoms with Gasteiger partial charge in [-0.1, -0.05) is 153 Å². The number of benzene rings is 10. The van der Waals surface area contributed by atoms with Gasteiger partial charge in [0.25, 0.3) is 23.6 Å². The maximum atomic E-state index is 12.7. The third-order valence-corrected chi connectivity index (χ3v) is 20.2. The summed E-state index contributed by atoms with van der Waals surface area (Å²) in [5.41, 5.74) is 10.9. The number of aromatic hydroxyl groups is 5. The second-order valence-corrected chi connectivity index (χ2v) is 38.9. The summed E-state index contributed by atoms with van der Waals surface area (Å²) in [4.78, 5) is 60.8. The Kier molecular flexibility index (Phi) is 36.3. The van der Waals surface area contributed by atoms with Crippen LogP contribution < -0.4 is 59.7 Å². The Labute approximate surface area is 749 Å². The maximum absolute atomic E-state index is 12.7. The van der Waals surface area contributed by atoms with E-state index in [0.29, 0.717) is 79.8 Å². The minimum Gasteiger partial charge on any atom is -0.505 e. The van der Waals surface area contributed by atoms with Crippen molar-refractivity contribution in [3.63, 3.8) is 0 Å². The summed E-state index contributed by atoms with van der Waals surface area (Å²) >= 11 is 6.11. The van der Waals surface area contributed by atoms with Crippen LogP contribution in [0.15, 0.2) is 176 Å². The lowest BCUT2D eigenvalue weighted by Crippen LogP contribution is -2.21. The molecule has 0 aromatic heterocycles. The molecule has 0 aliphatic carbocycles. The predicted molar refractivity (Wildman–Crippen MR) is 503 cm³/mol. The quantitative estimate of drug-likeness (QED) is 0.0236. The van der Waals surface area contributed by atoms with Gasteiger partial charge in [-0.05, 0) is 215 Å². The van der Waals surface area contributed by atoms with Crippen LogP contribution >= 0.6 is 11.6 Å². The van der Waals surface area contributed by atoms with Crippen LogP contribution in [-0.4, -0.2) is 126 Å². The lowest BCUT2D eigenvalue weighted by molar-refractivity contribution is -0.118. The topological polar surface area (TPSA) is 431 Å². The highest BCUT2D eigenvalue weighted by Gasteiger charge is 2.27. The number of carbonyl (C=O) groups is 5. The molecule has 682 valence electrons. The summed E-state index contributed by atoms with van der Waals surface area (Å²) in [7, 11) is -10.3. The van der Waals surface area contributed by atoms with Crippen molar-refractivity contribution in [2.75, 3.05) is 85.9 Å². The zero-order chi connectivity index (χ0) is 95.0. The number of ether oxygens (including phenoxy) is 5. The number of phenolic OH excluding ortho intramolecular Hbond substituents is 5. The number of hydrogen-bond donors (Lipinski definition) is 13. The molecule has 10 rings (SSSR count). The fraction of sp³-hybridized carbons (Fsp3) is 0.309. The van der Waals surface area contributed by atoms with E-state index >= 15 is 0 Å². The van der Waals surface area contributed by atoms with Gasteiger partial charge >= 0.3 is 6.09 Å². The number of aryl methyl sites for hydroxylation is 6. The maximum Gasteiger partial charge on any atom is 0.411 e. The summed E-state index contributed by atoms with van der Waals surface area (Å²) < 4.78 is 102. The summed E-state index contributed by atoms with van der Waals surface area (Å²) in [5.74, 6) is 0.978. The number of rotatable bonds is 25. The number of halogens is 1. The number of phenols is 5. The second kappa shape index (κ2) is 44.8. The minimum absolute atomic E-state index is 0.00463. The van der Waals surface area contributed by atoms with E-state index in [4.69, 9.17) is 35.3 Å². The highest BCUT2D eigenvalue weighted by atomic mass is 35.5. The summed E-state index contributed by atoms with van der Waals surface area (Å²) in [6.07, 6.45) is 3.26. The molecule has 0 unspecified atom stereocenters. The molecule has 13 N–H and O–H groups in total. The Morgan fingerprint density at radius 3 is 1.24 bits per heavy atom. The molecule has 5 amide bonds. The van der Waals surface area contributed by atoms with Crippen molar-refractivity contribution in [3.8, 4) is 57.5 Å². The predicted octanol–water partition coefficient (Wildman–Crippen LogP) is 19.1. The molecule has 0 fully saturated rings. The van der Waals surface area contributed by atoms with E-state index in [9.17, 15) is 74.8 Å². The van der Waals surface area contributed by atoms with Crippen LogP contribution in [0.2, 0.25) is 5.02 Å². The Hall–Kier alpha value is -12.9. The first-order valence-electron chi connectivity index (χ1n) is 39.9. The molecule has 0 saturated carbocycles. The summed E-state index contributed by atoms with van der Waals surface area (Å²) in [6, 6.07) is 49.3. The van der Waals surface area contributed by atoms with Crippen molar-refractivity contribution >= 4 is 117 Å². The number of anilines is 8. The SMILES string of the molecule is CCCOC(=O)Nc1cc(Oc2ccc(C)cc2)c(C)c(C)c1O.Cc1cc(C)c(O)c(NC(=O)COc2ccc(NS(C)(=O)=O)cc2)c1.Cc1cc(NC(=O)COc2cccc(NS(C)(=O)=O)c2)c(O)c(C(C)(C)C)c1.Cc1cc(NC(=O)c2ccccc2NS(C)(=O)=O)c(O)c(C(C)(C)C)c1.Cc1ccc(OCC(=O)Nc2cc(Cl)cc(C(C)(C)C)c2O)cc1. The van der Waals surface area contributed by atoms with Crippen LogP contribution in [0, 0.1) is 55.4 Å². The number of amides is 5. The van der Waals surface area contributed by atoms with E-state index in [1.807, 2.05) is 165 Å². The van der Waals surface area contributed by atoms with E-state index < -0.39 is 53.9 Å². The van der Waals surface area contributed by atoms with Crippen molar-refractivity contribution in [3.05, 3.63) is 248 Å².